The summed E-state index contributed by atoms with van der Waals surface area (Å²) in [6.07, 6.45) is 3.86. The van der Waals surface area contributed by atoms with E-state index >= 15 is 0 Å². The lowest BCUT2D eigenvalue weighted by molar-refractivity contribution is -0.144. The quantitative estimate of drug-likeness (QED) is 0.805. The molecule has 2 atom stereocenters. The van der Waals surface area contributed by atoms with Gasteiger partial charge in [-0.25, -0.2) is 9.59 Å². The number of likely N-dealkylation sites (tertiary alicyclic amines) is 1. The summed E-state index contributed by atoms with van der Waals surface area (Å²) in [6.45, 7) is 5.42. The van der Waals surface area contributed by atoms with Crippen molar-refractivity contribution in [2.45, 2.75) is 45.6 Å². The molecule has 1 aliphatic heterocycles. The molecule has 1 aromatic rings. The second-order valence-electron chi connectivity index (χ2n) is 6.96. The molecular formula is C20H30N2O3. The zero-order chi connectivity index (χ0) is 18.2. The normalized spacial score (nSPS) is 17.6. The zero-order valence-electron chi connectivity index (χ0n) is 15.5. The second kappa shape index (κ2) is 9.44. The number of ether oxygens (including phenoxy) is 1. The summed E-state index contributed by atoms with van der Waals surface area (Å²) in [5.41, 5.74) is 1.35. The van der Waals surface area contributed by atoms with Crippen LogP contribution in [0.4, 0.5) is 4.79 Å². The minimum atomic E-state index is -0.579. The number of amides is 2. The van der Waals surface area contributed by atoms with E-state index in [1.807, 2.05) is 24.8 Å². The third kappa shape index (κ3) is 5.48. The van der Waals surface area contributed by atoms with Crippen LogP contribution in [0.3, 0.4) is 0 Å². The maximum Gasteiger partial charge on any atom is 0.328 e. The number of carbonyl (C=O) groups is 2. The molecule has 1 saturated heterocycles. The Balaban J connectivity index is 1.84. The summed E-state index contributed by atoms with van der Waals surface area (Å²) >= 11 is 0. The van der Waals surface area contributed by atoms with Gasteiger partial charge >= 0.3 is 12.0 Å². The van der Waals surface area contributed by atoms with E-state index < -0.39 is 6.04 Å². The molecule has 1 fully saturated rings. The predicted molar refractivity (Wildman–Crippen MR) is 98.2 cm³/mol. The zero-order valence-corrected chi connectivity index (χ0v) is 15.5. The Labute approximate surface area is 150 Å². The number of rotatable bonds is 6. The van der Waals surface area contributed by atoms with E-state index in [-0.39, 0.29) is 17.9 Å². The summed E-state index contributed by atoms with van der Waals surface area (Å²) in [5, 5.41) is 2.87. The molecule has 2 amide bonds. The van der Waals surface area contributed by atoms with Crippen LogP contribution in [0.15, 0.2) is 30.3 Å². The van der Waals surface area contributed by atoms with Gasteiger partial charge in [-0.1, -0.05) is 50.6 Å². The van der Waals surface area contributed by atoms with E-state index in [0.717, 1.165) is 38.8 Å². The number of methoxy groups -OCH3 is 1. The number of carbonyl (C=O) groups excluding carboxylic acids is 2. The number of benzene rings is 1. The Hall–Kier alpha value is -2.04. The Bertz CT molecular complexity index is 553. The van der Waals surface area contributed by atoms with Crippen LogP contribution >= 0.6 is 0 Å². The maximum atomic E-state index is 12.5. The topological polar surface area (TPSA) is 58.6 Å². The SMILES string of the molecule is CCC(C)[C@H](NC(=O)N1CCC(Cc2ccccc2)CC1)C(=O)OC. The van der Waals surface area contributed by atoms with E-state index in [0.29, 0.717) is 5.92 Å². The van der Waals surface area contributed by atoms with Gasteiger partial charge in [-0.05, 0) is 36.7 Å². The lowest BCUT2D eigenvalue weighted by Gasteiger charge is -2.33. The molecule has 0 spiro atoms. The Morgan fingerprint density at radius 1 is 1.24 bits per heavy atom. The summed E-state index contributed by atoms with van der Waals surface area (Å²) in [4.78, 5) is 26.3. The fourth-order valence-corrected chi connectivity index (χ4v) is 3.31. The van der Waals surface area contributed by atoms with Crippen LogP contribution in [0.1, 0.15) is 38.7 Å². The van der Waals surface area contributed by atoms with Gasteiger partial charge in [-0.3, -0.25) is 0 Å². The number of nitrogens with zero attached hydrogens (tertiary/aromatic N) is 1. The molecule has 1 unspecified atom stereocenters. The molecule has 25 heavy (non-hydrogen) atoms. The predicted octanol–water partition coefficient (Wildman–Crippen LogP) is 3.24. The number of hydrogen-bond donors (Lipinski definition) is 1. The minimum absolute atomic E-state index is 0.0482. The van der Waals surface area contributed by atoms with Crippen LogP contribution in [-0.4, -0.2) is 43.1 Å². The molecule has 0 radical (unpaired) electrons. The van der Waals surface area contributed by atoms with Crippen LogP contribution < -0.4 is 5.32 Å². The average Bonchev–Trinajstić information content (AvgIpc) is 2.66. The van der Waals surface area contributed by atoms with Crippen LogP contribution in [0.25, 0.3) is 0 Å². The van der Waals surface area contributed by atoms with Crippen molar-refractivity contribution >= 4 is 12.0 Å². The Kier molecular flexibility index (Phi) is 7.29. The molecule has 1 heterocycles. The molecule has 5 heteroatoms. The van der Waals surface area contributed by atoms with Crippen molar-refractivity contribution in [1.82, 2.24) is 10.2 Å². The maximum absolute atomic E-state index is 12.5. The van der Waals surface area contributed by atoms with Crippen molar-refractivity contribution < 1.29 is 14.3 Å². The van der Waals surface area contributed by atoms with Crippen LogP contribution in [0.2, 0.25) is 0 Å². The van der Waals surface area contributed by atoms with Crippen molar-refractivity contribution in [3.8, 4) is 0 Å². The third-order valence-electron chi connectivity index (χ3n) is 5.22. The van der Waals surface area contributed by atoms with E-state index in [1.54, 1.807) is 0 Å². The van der Waals surface area contributed by atoms with Crippen LogP contribution in [-0.2, 0) is 16.0 Å². The highest BCUT2D eigenvalue weighted by Gasteiger charge is 2.30. The molecule has 0 bridgehead atoms. The van der Waals surface area contributed by atoms with Gasteiger partial charge < -0.3 is 15.0 Å². The highest BCUT2D eigenvalue weighted by Crippen LogP contribution is 2.22. The van der Waals surface area contributed by atoms with E-state index in [1.165, 1.54) is 12.7 Å². The number of urea groups is 1. The molecule has 0 saturated carbocycles. The van der Waals surface area contributed by atoms with Crippen LogP contribution in [0.5, 0.6) is 0 Å². The van der Waals surface area contributed by atoms with E-state index in [2.05, 4.69) is 29.6 Å². The van der Waals surface area contributed by atoms with Gasteiger partial charge in [0.25, 0.3) is 0 Å². The molecule has 0 aromatic heterocycles. The lowest BCUT2D eigenvalue weighted by Crippen LogP contribution is -2.52. The fourth-order valence-electron chi connectivity index (χ4n) is 3.31. The monoisotopic (exact) mass is 346 g/mol. The van der Waals surface area contributed by atoms with Gasteiger partial charge in [-0.15, -0.1) is 0 Å². The highest BCUT2D eigenvalue weighted by molar-refractivity contribution is 5.83. The van der Waals surface area contributed by atoms with Crippen LogP contribution in [0, 0.1) is 11.8 Å². The number of piperidine rings is 1. The van der Waals surface area contributed by atoms with Crippen molar-refractivity contribution in [2.75, 3.05) is 20.2 Å². The number of esters is 1. The molecule has 138 valence electrons. The molecule has 1 N–H and O–H groups in total. The van der Waals surface area contributed by atoms with Crippen molar-refractivity contribution in [3.63, 3.8) is 0 Å². The minimum Gasteiger partial charge on any atom is -0.467 e. The largest absolute Gasteiger partial charge is 0.467 e. The van der Waals surface area contributed by atoms with E-state index in [9.17, 15) is 9.59 Å². The van der Waals surface area contributed by atoms with Gasteiger partial charge in [0, 0.05) is 13.1 Å². The highest BCUT2D eigenvalue weighted by atomic mass is 16.5. The van der Waals surface area contributed by atoms with Crippen molar-refractivity contribution in [2.24, 2.45) is 11.8 Å². The molecule has 0 aliphatic carbocycles. The van der Waals surface area contributed by atoms with E-state index in [4.69, 9.17) is 4.74 Å². The summed E-state index contributed by atoms with van der Waals surface area (Å²) in [6, 6.07) is 9.75. The summed E-state index contributed by atoms with van der Waals surface area (Å²) in [7, 11) is 1.36. The third-order valence-corrected chi connectivity index (χ3v) is 5.22. The Morgan fingerprint density at radius 2 is 1.88 bits per heavy atom. The second-order valence-corrected chi connectivity index (χ2v) is 6.96. The first-order valence-electron chi connectivity index (χ1n) is 9.22. The standard InChI is InChI=1S/C20H30N2O3/c1-4-15(2)18(19(23)25-3)21-20(24)22-12-10-17(11-13-22)14-16-8-6-5-7-9-16/h5-9,15,17-18H,4,10-14H2,1-3H3,(H,21,24)/t15?,18-/m0/s1. The van der Waals surface area contributed by atoms with Gasteiger partial charge in [0.15, 0.2) is 0 Å². The first-order chi connectivity index (χ1) is 12.0. The van der Waals surface area contributed by atoms with Crippen molar-refractivity contribution in [1.29, 1.82) is 0 Å². The smallest absolute Gasteiger partial charge is 0.328 e. The first-order valence-corrected chi connectivity index (χ1v) is 9.22. The number of hydrogen-bond acceptors (Lipinski definition) is 3. The molecule has 2 rings (SSSR count). The van der Waals surface area contributed by atoms with Gasteiger partial charge in [-0.2, -0.15) is 0 Å². The molecule has 1 aromatic carbocycles. The lowest BCUT2D eigenvalue weighted by atomic mass is 9.90. The molecule has 1 aliphatic rings. The summed E-state index contributed by atoms with van der Waals surface area (Å²) < 4.78 is 4.83. The number of nitrogens with one attached hydrogen (secondary N) is 1. The van der Waals surface area contributed by atoms with Gasteiger partial charge in [0.1, 0.15) is 6.04 Å². The average molecular weight is 346 g/mol. The molecule has 5 nitrogen and oxygen atoms in total. The first kappa shape index (κ1) is 19.3. The molecular weight excluding hydrogens is 316 g/mol. The summed E-state index contributed by atoms with van der Waals surface area (Å²) in [5.74, 6) is 0.283. The fraction of sp³-hybridized carbons (Fsp3) is 0.600. The van der Waals surface area contributed by atoms with Crippen molar-refractivity contribution in [3.05, 3.63) is 35.9 Å². The van der Waals surface area contributed by atoms with Gasteiger partial charge in [0.05, 0.1) is 7.11 Å². The Morgan fingerprint density at radius 3 is 2.44 bits per heavy atom. The van der Waals surface area contributed by atoms with Gasteiger partial charge in [0.2, 0.25) is 0 Å².